The van der Waals surface area contributed by atoms with Crippen LogP contribution in [0.25, 0.3) is 0 Å². The molecule has 0 aliphatic carbocycles. The van der Waals surface area contributed by atoms with Gasteiger partial charge in [-0.05, 0) is 56.0 Å². The van der Waals surface area contributed by atoms with E-state index in [0.29, 0.717) is 12.0 Å². The molecule has 1 fully saturated rings. The number of benzene rings is 1. The summed E-state index contributed by atoms with van der Waals surface area (Å²) in [6.45, 7) is 5.75. The van der Waals surface area contributed by atoms with E-state index in [1.54, 1.807) is 0 Å². The molecule has 2 rings (SSSR count). The highest BCUT2D eigenvalue weighted by Gasteiger charge is 2.25. The van der Waals surface area contributed by atoms with E-state index in [4.69, 9.17) is 10.5 Å². The molecule has 1 saturated heterocycles. The topological polar surface area (TPSA) is 38.5 Å². The Bertz CT molecular complexity index is 377. The monoisotopic (exact) mass is 262 g/mol. The fourth-order valence-corrected chi connectivity index (χ4v) is 2.80. The van der Waals surface area contributed by atoms with Crippen molar-refractivity contribution in [3.05, 3.63) is 29.8 Å². The molecule has 19 heavy (non-hydrogen) atoms. The summed E-state index contributed by atoms with van der Waals surface area (Å²) in [6, 6.07) is 8.23. The van der Waals surface area contributed by atoms with E-state index in [-0.39, 0.29) is 0 Å². The Kier molecular flexibility index (Phi) is 5.23. The minimum Gasteiger partial charge on any atom is -0.399 e. The van der Waals surface area contributed by atoms with Gasteiger partial charge in [0, 0.05) is 19.3 Å². The first-order chi connectivity index (χ1) is 9.19. The van der Waals surface area contributed by atoms with Crippen molar-refractivity contribution in [3.8, 4) is 0 Å². The van der Waals surface area contributed by atoms with Crippen molar-refractivity contribution < 1.29 is 4.74 Å². The number of nitrogens with two attached hydrogens (primary N) is 1. The maximum atomic E-state index is 5.69. The summed E-state index contributed by atoms with van der Waals surface area (Å²) in [5.41, 5.74) is 7.92. The SMILES string of the molecule is COC1CN(CCCc2ccc(N)cc2)CCC1C. The number of aryl methyl sites for hydroxylation is 1. The molecular formula is C16H26N2O. The summed E-state index contributed by atoms with van der Waals surface area (Å²) < 4.78 is 5.56. The van der Waals surface area contributed by atoms with Gasteiger partial charge in [0.05, 0.1) is 6.10 Å². The van der Waals surface area contributed by atoms with Gasteiger partial charge < -0.3 is 15.4 Å². The van der Waals surface area contributed by atoms with Gasteiger partial charge in [0.2, 0.25) is 0 Å². The summed E-state index contributed by atoms with van der Waals surface area (Å²) >= 11 is 0. The molecule has 3 nitrogen and oxygen atoms in total. The number of nitrogen functional groups attached to an aromatic ring is 1. The van der Waals surface area contributed by atoms with Crippen molar-refractivity contribution in [1.29, 1.82) is 0 Å². The van der Waals surface area contributed by atoms with Crippen LogP contribution in [0.4, 0.5) is 5.69 Å². The molecule has 2 unspecified atom stereocenters. The van der Waals surface area contributed by atoms with E-state index in [1.165, 1.54) is 24.9 Å². The predicted octanol–water partition coefficient (Wildman–Crippen LogP) is 2.56. The highest BCUT2D eigenvalue weighted by atomic mass is 16.5. The largest absolute Gasteiger partial charge is 0.399 e. The van der Waals surface area contributed by atoms with Crippen LogP contribution in [0.15, 0.2) is 24.3 Å². The van der Waals surface area contributed by atoms with Crippen LogP contribution in [-0.2, 0) is 11.2 Å². The average Bonchev–Trinajstić information content (AvgIpc) is 2.43. The predicted molar refractivity (Wildman–Crippen MR) is 80.2 cm³/mol. The first-order valence-corrected chi connectivity index (χ1v) is 7.28. The van der Waals surface area contributed by atoms with Crippen LogP contribution in [-0.4, -0.2) is 37.7 Å². The van der Waals surface area contributed by atoms with Gasteiger partial charge in [-0.25, -0.2) is 0 Å². The molecule has 0 spiro atoms. The summed E-state index contributed by atoms with van der Waals surface area (Å²) in [5.74, 6) is 0.693. The minimum absolute atomic E-state index is 0.408. The van der Waals surface area contributed by atoms with Crippen LogP contribution in [0, 0.1) is 5.92 Å². The molecule has 0 radical (unpaired) electrons. The van der Waals surface area contributed by atoms with Crippen LogP contribution >= 0.6 is 0 Å². The number of methoxy groups -OCH3 is 1. The average molecular weight is 262 g/mol. The molecule has 1 heterocycles. The molecule has 2 N–H and O–H groups in total. The van der Waals surface area contributed by atoms with Gasteiger partial charge in [0.15, 0.2) is 0 Å². The zero-order valence-corrected chi connectivity index (χ0v) is 12.1. The van der Waals surface area contributed by atoms with Crippen LogP contribution in [0.2, 0.25) is 0 Å². The zero-order chi connectivity index (χ0) is 13.7. The third-order valence-corrected chi connectivity index (χ3v) is 4.20. The van der Waals surface area contributed by atoms with Crippen molar-refractivity contribution in [2.75, 3.05) is 32.5 Å². The molecule has 0 aromatic heterocycles. The summed E-state index contributed by atoms with van der Waals surface area (Å²) in [6.07, 6.45) is 3.99. The molecule has 106 valence electrons. The highest BCUT2D eigenvalue weighted by Crippen LogP contribution is 2.19. The molecule has 1 aromatic carbocycles. The van der Waals surface area contributed by atoms with Crippen LogP contribution in [0.1, 0.15) is 25.3 Å². The smallest absolute Gasteiger partial charge is 0.0724 e. The molecule has 1 aliphatic rings. The Morgan fingerprint density at radius 2 is 2.05 bits per heavy atom. The van der Waals surface area contributed by atoms with Gasteiger partial charge in [-0.1, -0.05) is 19.1 Å². The number of anilines is 1. The van der Waals surface area contributed by atoms with Gasteiger partial charge in [0.1, 0.15) is 0 Å². The Hall–Kier alpha value is -1.06. The van der Waals surface area contributed by atoms with Crippen molar-refractivity contribution in [1.82, 2.24) is 4.90 Å². The quantitative estimate of drug-likeness (QED) is 0.829. The Labute approximate surface area is 116 Å². The third-order valence-electron chi connectivity index (χ3n) is 4.20. The molecule has 3 heteroatoms. The standard InChI is InChI=1S/C16H26N2O/c1-13-9-11-18(12-16(13)19-2)10-3-4-14-5-7-15(17)8-6-14/h5-8,13,16H,3-4,9-12,17H2,1-2H3. The third kappa shape index (κ3) is 4.22. The summed E-state index contributed by atoms with van der Waals surface area (Å²) in [5, 5.41) is 0. The van der Waals surface area contributed by atoms with Crippen molar-refractivity contribution in [2.45, 2.75) is 32.3 Å². The van der Waals surface area contributed by atoms with E-state index in [2.05, 4.69) is 24.0 Å². The van der Waals surface area contributed by atoms with Gasteiger partial charge in [-0.15, -0.1) is 0 Å². The summed E-state index contributed by atoms with van der Waals surface area (Å²) in [4.78, 5) is 2.53. The normalized spacial score (nSPS) is 24.5. The second kappa shape index (κ2) is 6.92. The molecule has 1 aromatic rings. The van der Waals surface area contributed by atoms with E-state index < -0.39 is 0 Å². The lowest BCUT2D eigenvalue weighted by Gasteiger charge is -2.36. The fourth-order valence-electron chi connectivity index (χ4n) is 2.80. The Balaban J connectivity index is 1.72. The first-order valence-electron chi connectivity index (χ1n) is 7.28. The Morgan fingerprint density at radius 3 is 2.74 bits per heavy atom. The van der Waals surface area contributed by atoms with Gasteiger partial charge in [0.25, 0.3) is 0 Å². The van der Waals surface area contributed by atoms with Crippen LogP contribution < -0.4 is 5.73 Å². The minimum atomic E-state index is 0.408. The number of nitrogens with zero attached hydrogens (tertiary/aromatic N) is 1. The van der Waals surface area contributed by atoms with E-state index >= 15 is 0 Å². The van der Waals surface area contributed by atoms with Crippen molar-refractivity contribution in [2.24, 2.45) is 5.92 Å². The van der Waals surface area contributed by atoms with E-state index in [1.807, 2.05) is 19.2 Å². The molecule has 1 aliphatic heterocycles. The summed E-state index contributed by atoms with van der Waals surface area (Å²) in [7, 11) is 1.83. The maximum Gasteiger partial charge on any atom is 0.0724 e. The lowest BCUT2D eigenvalue weighted by atomic mass is 9.95. The molecule has 0 amide bonds. The fraction of sp³-hybridized carbons (Fsp3) is 0.625. The van der Waals surface area contributed by atoms with Crippen molar-refractivity contribution in [3.63, 3.8) is 0 Å². The lowest BCUT2D eigenvalue weighted by molar-refractivity contribution is -0.00506. The molecule has 2 atom stereocenters. The maximum absolute atomic E-state index is 5.69. The number of rotatable bonds is 5. The van der Waals surface area contributed by atoms with E-state index in [9.17, 15) is 0 Å². The second-order valence-corrected chi connectivity index (χ2v) is 5.69. The number of hydrogen-bond donors (Lipinski definition) is 1. The number of piperidine rings is 1. The van der Waals surface area contributed by atoms with Crippen LogP contribution in [0.3, 0.4) is 0 Å². The highest BCUT2D eigenvalue weighted by molar-refractivity contribution is 5.39. The Morgan fingerprint density at radius 1 is 1.32 bits per heavy atom. The van der Waals surface area contributed by atoms with Gasteiger partial charge in [-0.2, -0.15) is 0 Å². The van der Waals surface area contributed by atoms with Gasteiger partial charge >= 0.3 is 0 Å². The second-order valence-electron chi connectivity index (χ2n) is 5.69. The molecule has 0 bridgehead atoms. The van der Waals surface area contributed by atoms with Crippen LogP contribution in [0.5, 0.6) is 0 Å². The first kappa shape index (κ1) is 14.4. The molecule has 0 saturated carbocycles. The lowest BCUT2D eigenvalue weighted by Crippen LogP contribution is -2.44. The molecular weight excluding hydrogens is 236 g/mol. The van der Waals surface area contributed by atoms with Gasteiger partial charge in [-0.3, -0.25) is 0 Å². The number of likely N-dealkylation sites (tertiary alicyclic amines) is 1. The zero-order valence-electron chi connectivity index (χ0n) is 12.1. The van der Waals surface area contributed by atoms with Crippen molar-refractivity contribution >= 4 is 5.69 Å². The number of hydrogen-bond acceptors (Lipinski definition) is 3. The van der Waals surface area contributed by atoms with E-state index in [0.717, 1.165) is 25.2 Å². The number of ether oxygens (including phenoxy) is 1.